The predicted octanol–water partition coefficient (Wildman–Crippen LogP) is 4.24. The lowest BCUT2D eigenvalue weighted by molar-refractivity contribution is 0.468. The molecule has 0 bridgehead atoms. The van der Waals surface area contributed by atoms with Crippen molar-refractivity contribution in [3.8, 4) is 22.4 Å². The molecule has 4 aromatic heterocycles. The van der Waals surface area contributed by atoms with E-state index in [1.807, 2.05) is 29.6 Å². The first-order valence-electron chi connectivity index (χ1n) is 8.48. The van der Waals surface area contributed by atoms with Crippen molar-refractivity contribution in [2.45, 2.75) is 20.4 Å². The van der Waals surface area contributed by atoms with Crippen molar-refractivity contribution in [2.75, 3.05) is 0 Å². The molecular weight excluding hydrogens is 344 g/mol. The molecule has 4 heterocycles. The zero-order valence-electron chi connectivity index (χ0n) is 14.6. The van der Waals surface area contributed by atoms with Crippen LogP contribution in [0.1, 0.15) is 13.8 Å². The molecule has 0 aliphatic rings. The van der Waals surface area contributed by atoms with Gasteiger partial charge < -0.3 is 0 Å². The number of rotatable bonds is 4. The van der Waals surface area contributed by atoms with Crippen molar-refractivity contribution in [2.24, 2.45) is 5.92 Å². The van der Waals surface area contributed by atoms with E-state index in [2.05, 4.69) is 23.8 Å². The summed E-state index contributed by atoms with van der Waals surface area (Å²) in [6, 6.07) is 7.72. The van der Waals surface area contributed by atoms with Crippen molar-refractivity contribution >= 4 is 21.4 Å². The second kappa shape index (κ2) is 6.80. The van der Waals surface area contributed by atoms with Gasteiger partial charge in [0.15, 0.2) is 0 Å². The van der Waals surface area contributed by atoms with E-state index in [1.165, 1.54) is 0 Å². The van der Waals surface area contributed by atoms with Crippen LogP contribution in [-0.2, 0) is 6.54 Å². The van der Waals surface area contributed by atoms with Gasteiger partial charge in [-0.1, -0.05) is 13.8 Å². The molecule has 0 aromatic carbocycles. The molecule has 0 radical (unpaired) electrons. The molecule has 0 fully saturated rings. The lowest BCUT2D eigenvalue weighted by Gasteiger charge is -2.11. The van der Waals surface area contributed by atoms with Crippen LogP contribution < -0.4 is 5.56 Å². The Balaban J connectivity index is 2.05. The van der Waals surface area contributed by atoms with E-state index in [1.54, 1.807) is 40.8 Å². The van der Waals surface area contributed by atoms with Gasteiger partial charge in [-0.15, -0.1) is 11.3 Å². The third kappa shape index (κ3) is 2.93. The third-order valence-electron chi connectivity index (χ3n) is 4.16. The Bertz CT molecular complexity index is 1100. The van der Waals surface area contributed by atoms with Crippen LogP contribution >= 0.6 is 11.3 Å². The van der Waals surface area contributed by atoms with Gasteiger partial charge in [0.2, 0.25) is 0 Å². The minimum Gasteiger partial charge on any atom is -0.267 e. The molecule has 0 unspecified atom stereocenters. The quantitative estimate of drug-likeness (QED) is 0.545. The molecule has 6 heteroatoms. The molecule has 4 aromatic rings. The maximum absolute atomic E-state index is 13.2. The first-order chi connectivity index (χ1) is 12.6. The van der Waals surface area contributed by atoms with Crippen LogP contribution in [0.25, 0.3) is 32.5 Å². The Labute approximate surface area is 155 Å². The Hall–Kier alpha value is -2.86. The summed E-state index contributed by atoms with van der Waals surface area (Å²) in [5.74, 6) is 0.325. The fourth-order valence-electron chi connectivity index (χ4n) is 3.00. The first kappa shape index (κ1) is 16.6. The van der Waals surface area contributed by atoms with Crippen molar-refractivity contribution < 1.29 is 0 Å². The molecule has 0 atom stereocenters. The van der Waals surface area contributed by atoms with Gasteiger partial charge in [0, 0.05) is 47.8 Å². The van der Waals surface area contributed by atoms with E-state index in [9.17, 15) is 4.79 Å². The van der Waals surface area contributed by atoms with Crippen LogP contribution in [0.2, 0.25) is 0 Å². The minimum atomic E-state index is -0.0421. The van der Waals surface area contributed by atoms with Crippen molar-refractivity contribution in [1.29, 1.82) is 0 Å². The number of thiophene rings is 1. The lowest BCUT2D eigenvalue weighted by Crippen LogP contribution is -2.25. The maximum Gasteiger partial charge on any atom is 0.276 e. The maximum atomic E-state index is 13.2. The number of aromatic nitrogens is 4. The Morgan fingerprint density at radius 1 is 1.00 bits per heavy atom. The summed E-state index contributed by atoms with van der Waals surface area (Å²) < 4.78 is 2.51. The monoisotopic (exact) mass is 362 g/mol. The second-order valence-corrected chi connectivity index (χ2v) is 7.43. The van der Waals surface area contributed by atoms with E-state index >= 15 is 0 Å². The first-order valence-corrected chi connectivity index (χ1v) is 9.36. The van der Waals surface area contributed by atoms with Crippen molar-refractivity contribution in [1.82, 2.24) is 19.7 Å². The van der Waals surface area contributed by atoms with E-state index in [-0.39, 0.29) is 5.56 Å². The molecule has 0 N–H and O–H groups in total. The van der Waals surface area contributed by atoms with E-state index in [4.69, 9.17) is 5.10 Å². The van der Waals surface area contributed by atoms with Gasteiger partial charge in [0.25, 0.3) is 5.56 Å². The fourth-order valence-corrected chi connectivity index (χ4v) is 4.07. The lowest BCUT2D eigenvalue weighted by atomic mass is 10.1. The predicted molar refractivity (Wildman–Crippen MR) is 105 cm³/mol. The van der Waals surface area contributed by atoms with E-state index in [0.29, 0.717) is 12.5 Å². The molecule has 4 rings (SSSR count). The number of pyridine rings is 2. The third-order valence-corrected chi connectivity index (χ3v) is 5.15. The molecule has 0 spiro atoms. The number of nitrogens with zero attached hydrogens (tertiary/aromatic N) is 4. The van der Waals surface area contributed by atoms with E-state index < -0.39 is 0 Å². The molecule has 0 aliphatic carbocycles. The fraction of sp³-hybridized carbons (Fsp3) is 0.200. The topological polar surface area (TPSA) is 60.7 Å². The average Bonchev–Trinajstić information content (AvgIpc) is 3.10. The van der Waals surface area contributed by atoms with Gasteiger partial charge in [-0.2, -0.15) is 5.10 Å². The number of hydrogen-bond donors (Lipinski definition) is 0. The SMILES string of the molecule is CC(C)Cn1nc(-c2ccncc2)c2scc(-c3ccncc3)c2c1=O. The molecule has 0 saturated carbocycles. The largest absolute Gasteiger partial charge is 0.276 e. The van der Waals surface area contributed by atoms with Crippen LogP contribution in [0.5, 0.6) is 0 Å². The smallest absolute Gasteiger partial charge is 0.267 e. The molecule has 130 valence electrons. The second-order valence-electron chi connectivity index (χ2n) is 6.55. The summed E-state index contributed by atoms with van der Waals surface area (Å²) in [6.07, 6.45) is 6.99. The minimum absolute atomic E-state index is 0.0421. The summed E-state index contributed by atoms with van der Waals surface area (Å²) in [7, 11) is 0. The van der Waals surface area contributed by atoms with Gasteiger partial charge >= 0.3 is 0 Å². The van der Waals surface area contributed by atoms with E-state index in [0.717, 1.165) is 32.5 Å². The van der Waals surface area contributed by atoms with Crippen molar-refractivity contribution in [3.05, 3.63) is 64.8 Å². The average molecular weight is 362 g/mol. The van der Waals surface area contributed by atoms with Gasteiger partial charge in [-0.25, -0.2) is 4.68 Å². The molecule has 0 saturated heterocycles. The summed E-state index contributed by atoms with van der Waals surface area (Å²) in [6.45, 7) is 4.75. The standard InChI is InChI=1S/C20H18N4OS/c1-13(2)11-24-20(25)17-16(14-3-7-21-8-4-14)12-26-19(17)18(23-24)15-5-9-22-10-6-15/h3-10,12-13H,11H2,1-2H3. The molecule has 0 aliphatic heterocycles. The van der Waals surface area contributed by atoms with Gasteiger partial charge in [-0.3, -0.25) is 14.8 Å². The summed E-state index contributed by atoms with van der Waals surface area (Å²) in [4.78, 5) is 21.4. The Morgan fingerprint density at radius 2 is 1.62 bits per heavy atom. The number of fused-ring (bicyclic) bond motifs is 1. The zero-order chi connectivity index (χ0) is 18.1. The van der Waals surface area contributed by atoms with Gasteiger partial charge in [0.1, 0.15) is 5.69 Å². The van der Waals surface area contributed by atoms with Crippen molar-refractivity contribution in [3.63, 3.8) is 0 Å². The highest BCUT2D eigenvalue weighted by atomic mass is 32.1. The Morgan fingerprint density at radius 3 is 2.23 bits per heavy atom. The summed E-state index contributed by atoms with van der Waals surface area (Å²) in [5.41, 5.74) is 3.68. The number of hydrogen-bond acceptors (Lipinski definition) is 5. The van der Waals surface area contributed by atoms with Crippen LogP contribution in [-0.4, -0.2) is 19.7 Å². The highest BCUT2D eigenvalue weighted by Crippen LogP contribution is 2.36. The van der Waals surface area contributed by atoms with Crippen LogP contribution in [0.3, 0.4) is 0 Å². The molecular formula is C20H18N4OS. The van der Waals surface area contributed by atoms with Crippen LogP contribution in [0.4, 0.5) is 0 Å². The van der Waals surface area contributed by atoms with Crippen LogP contribution in [0.15, 0.2) is 59.2 Å². The molecule has 26 heavy (non-hydrogen) atoms. The highest BCUT2D eigenvalue weighted by Gasteiger charge is 2.18. The molecule has 0 amide bonds. The molecule has 5 nitrogen and oxygen atoms in total. The zero-order valence-corrected chi connectivity index (χ0v) is 15.4. The normalized spacial score (nSPS) is 11.3. The van der Waals surface area contributed by atoms with Gasteiger partial charge in [0.05, 0.1) is 10.1 Å². The summed E-state index contributed by atoms with van der Waals surface area (Å²) in [5, 5.41) is 7.45. The highest BCUT2D eigenvalue weighted by molar-refractivity contribution is 7.18. The van der Waals surface area contributed by atoms with Gasteiger partial charge in [-0.05, 0) is 35.7 Å². The summed E-state index contributed by atoms with van der Waals surface area (Å²) >= 11 is 1.56. The van der Waals surface area contributed by atoms with Crippen LogP contribution in [0, 0.1) is 5.92 Å². The Kier molecular flexibility index (Phi) is 4.34.